The van der Waals surface area contributed by atoms with Gasteiger partial charge in [-0.3, -0.25) is 9.69 Å². The number of nitrogens with two attached hydrogens (primary N) is 1. The van der Waals surface area contributed by atoms with Crippen LogP contribution in [0.5, 0.6) is 0 Å². The number of primary amides is 1. The molecular formula is C12H22N2O2. The molecule has 2 aliphatic rings. The number of piperidine rings is 1. The summed E-state index contributed by atoms with van der Waals surface area (Å²) < 4.78 is 5.44. The number of amides is 1. The second-order valence-corrected chi connectivity index (χ2v) is 5.34. The fourth-order valence-electron chi connectivity index (χ4n) is 3.22. The average Bonchev–Trinajstić information content (AvgIpc) is 2.65. The van der Waals surface area contributed by atoms with E-state index in [0.29, 0.717) is 18.1 Å². The van der Waals surface area contributed by atoms with Crippen LogP contribution in [0.25, 0.3) is 0 Å². The Kier molecular flexibility index (Phi) is 3.50. The van der Waals surface area contributed by atoms with Crippen molar-refractivity contribution >= 4 is 5.91 Å². The lowest BCUT2D eigenvalue weighted by Gasteiger charge is -2.39. The van der Waals surface area contributed by atoms with Crippen molar-refractivity contribution in [2.45, 2.75) is 38.2 Å². The Morgan fingerprint density at radius 1 is 1.44 bits per heavy atom. The molecule has 0 bridgehead atoms. The van der Waals surface area contributed by atoms with Gasteiger partial charge in [-0.1, -0.05) is 0 Å². The van der Waals surface area contributed by atoms with Gasteiger partial charge >= 0.3 is 0 Å². The number of carbonyl (C=O) groups is 1. The van der Waals surface area contributed by atoms with Crippen LogP contribution in [0.4, 0.5) is 0 Å². The lowest BCUT2D eigenvalue weighted by atomic mass is 9.77. The Balaban J connectivity index is 1.83. The number of hydrogen-bond donors (Lipinski definition) is 1. The van der Waals surface area contributed by atoms with Crippen LogP contribution in [-0.4, -0.2) is 43.7 Å². The third-order valence-electron chi connectivity index (χ3n) is 4.29. The van der Waals surface area contributed by atoms with Gasteiger partial charge in [0.2, 0.25) is 5.91 Å². The maximum atomic E-state index is 10.8. The van der Waals surface area contributed by atoms with Crippen molar-refractivity contribution in [2.24, 2.45) is 11.1 Å². The standard InChI is InChI=1S/C12H22N2O2/c1-16-10-2-3-12(8-10)4-6-14(7-5-12)9-11(13)15/h10H,2-9H2,1H3,(H2,13,15). The van der Waals surface area contributed by atoms with Gasteiger partial charge in [0.15, 0.2) is 0 Å². The molecule has 0 aromatic rings. The van der Waals surface area contributed by atoms with E-state index in [2.05, 4.69) is 4.90 Å². The van der Waals surface area contributed by atoms with Gasteiger partial charge in [0.05, 0.1) is 12.6 Å². The van der Waals surface area contributed by atoms with E-state index >= 15 is 0 Å². The summed E-state index contributed by atoms with van der Waals surface area (Å²) in [4.78, 5) is 13.0. The first-order valence-electron chi connectivity index (χ1n) is 6.17. The van der Waals surface area contributed by atoms with Crippen molar-refractivity contribution in [3.05, 3.63) is 0 Å². The molecule has 92 valence electrons. The fourth-order valence-corrected chi connectivity index (χ4v) is 3.22. The molecule has 1 aliphatic heterocycles. The number of carbonyl (C=O) groups excluding carboxylic acids is 1. The quantitative estimate of drug-likeness (QED) is 0.772. The monoisotopic (exact) mass is 226 g/mol. The van der Waals surface area contributed by atoms with Gasteiger partial charge < -0.3 is 10.5 Å². The van der Waals surface area contributed by atoms with E-state index in [1.165, 1.54) is 32.1 Å². The molecule has 2 rings (SSSR count). The second kappa shape index (κ2) is 4.72. The first kappa shape index (κ1) is 11.9. The van der Waals surface area contributed by atoms with Gasteiger partial charge in [0.1, 0.15) is 0 Å². The van der Waals surface area contributed by atoms with Crippen LogP contribution in [0.3, 0.4) is 0 Å². The Morgan fingerprint density at radius 2 is 2.12 bits per heavy atom. The second-order valence-electron chi connectivity index (χ2n) is 5.34. The molecule has 1 amide bonds. The van der Waals surface area contributed by atoms with Gasteiger partial charge in [-0.05, 0) is 50.6 Å². The van der Waals surface area contributed by atoms with E-state index < -0.39 is 0 Å². The Hall–Kier alpha value is -0.610. The molecule has 4 heteroatoms. The highest BCUT2D eigenvalue weighted by molar-refractivity contribution is 5.75. The van der Waals surface area contributed by atoms with Crippen molar-refractivity contribution in [1.82, 2.24) is 4.90 Å². The SMILES string of the molecule is COC1CCC2(CCN(CC(N)=O)CC2)C1. The molecule has 0 aromatic heterocycles. The van der Waals surface area contributed by atoms with E-state index in [4.69, 9.17) is 10.5 Å². The molecule has 2 N–H and O–H groups in total. The van der Waals surface area contributed by atoms with Gasteiger partial charge in [0.25, 0.3) is 0 Å². The minimum atomic E-state index is -0.211. The van der Waals surface area contributed by atoms with Crippen LogP contribution in [-0.2, 0) is 9.53 Å². The van der Waals surface area contributed by atoms with Crippen LogP contribution in [0.2, 0.25) is 0 Å². The highest BCUT2D eigenvalue weighted by Crippen LogP contribution is 2.46. The first-order chi connectivity index (χ1) is 7.63. The van der Waals surface area contributed by atoms with Crippen LogP contribution in [0, 0.1) is 5.41 Å². The van der Waals surface area contributed by atoms with E-state index in [9.17, 15) is 4.79 Å². The molecule has 1 aliphatic carbocycles. The predicted molar refractivity (Wildman–Crippen MR) is 61.9 cm³/mol. The summed E-state index contributed by atoms with van der Waals surface area (Å²) in [5.74, 6) is -0.211. The number of nitrogens with zero attached hydrogens (tertiary/aromatic N) is 1. The van der Waals surface area contributed by atoms with Crippen LogP contribution in [0.15, 0.2) is 0 Å². The third-order valence-corrected chi connectivity index (χ3v) is 4.29. The average molecular weight is 226 g/mol. The van der Waals surface area contributed by atoms with E-state index in [-0.39, 0.29) is 5.91 Å². The minimum absolute atomic E-state index is 0.211. The molecule has 1 heterocycles. The maximum Gasteiger partial charge on any atom is 0.231 e. The summed E-state index contributed by atoms with van der Waals surface area (Å²) in [6.07, 6.45) is 6.54. The molecule has 16 heavy (non-hydrogen) atoms. The summed E-state index contributed by atoms with van der Waals surface area (Å²) in [7, 11) is 1.81. The van der Waals surface area contributed by atoms with Crippen LogP contribution < -0.4 is 5.73 Å². The van der Waals surface area contributed by atoms with Gasteiger partial charge in [-0.2, -0.15) is 0 Å². The minimum Gasteiger partial charge on any atom is -0.381 e. The Morgan fingerprint density at radius 3 is 2.62 bits per heavy atom. The Labute approximate surface area is 97.1 Å². The summed E-state index contributed by atoms with van der Waals surface area (Å²) in [5, 5.41) is 0. The van der Waals surface area contributed by atoms with Crippen molar-refractivity contribution in [3.63, 3.8) is 0 Å². The Bertz CT molecular complexity index is 260. The van der Waals surface area contributed by atoms with Crippen LogP contribution in [0.1, 0.15) is 32.1 Å². The summed E-state index contributed by atoms with van der Waals surface area (Å²) >= 11 is 0. The largest absolute Gasteiger partial charge is 0.381 e. The third kappa shape index (κ3) is 2.55. The molecule has 1 spiro atoms. The molecular weight excluding hydrogens is 204 g/mol. The smallest absolute Gasteiger partial charge is 0.231 e. The lowest BCUT2D eigenvalue weighted by molar-refractivity contribution is -0.119. The number of ether oxygens (including phenoxy) is 1. The topological polar surface area (TPSA) is 55.6 Å². The van der Waals surface area contributed by atoms with Gasteiger partial charge in [-0.15, -0.1) is 0 Å². The van der Waals surface area contributed by atoms with Crippen molar-refractivity contribution in [3.8, 4) is 0 Å². The van der Waals surface area contributed by atoms with Crippen molar-refractivity contribution in [2.75, 3.05) is 26.7 Å². The molecule has 0 radical (unpaired) electrons. The number of methoxy groups -OCH3 is 1. The zero-order chi connectivity index (χ0) is 11.6. The highest BCUT2D eigenvalue weighted by Gasteiger charge is 2.41. The number of hydrogen-bond acceptors (Lipinski definition) is 3. The summed E-state index contributed by atoms with van der Waals surface area (Å²) in [6.45, 7) is 2.45. The zero-order valence-corrected chi connectivity index (χ0v) is 10.1. The predicted octanol–water partition coefficient (Wildman–Crippen LogP) is 0.753. The van der Waals surface area contributed by atoms with E-state index in [0.717, 1.165) is 13.1 Å². The van der Waals surface area contributed by atoms with E-state index in [1.807, 2.05) is 7.11 Å². The van der Waals surface area contributed by atoms with Crippen molar-refractivity contribution in [1.29, 1.82) is 0 Å². The van der Waals surface area contributed by atoms with Crippen LogP contribution >= 0.6 is 0 Å². The highest BCUT2D eigenvalue weighted by atomic mass is 16.5. The molecule has 2 fully saturated rings. The first-order valence-corrected chi connectivity index (χ1v) is 6.17. The molecule has 1 atom stereocenters. The molecule has 0 aromatic carbocycles. The van der Waals surface area contributed by atoms with Gasteiger partial charge in [-0.25, -0.2) is 0 Å². The van der Waals surface area contributed by atoms with Crippen molar-refractivity contribution < 1.29 is 9.53 Å². The normalized spacial score (nSPS) is 29.7. The van der Waals surface area contributed by atoms with E-state index in [1.54, 1.807) is 0 Å². The molecule has 1 unspecified atom stereocenters. The molecule has 1 saturated heterocycles. The fraction of sp³-hybridized carbons (Fsp3) is 0.917. The summed E-state index contributed by atoms with van der Waals surface area (Å²) in [6, 6.07) is 0. The maximum absolute atomic E-state index is 10.8. The summed E-state index contributed by atoms with van der Waals surface area (Å²) in [5.41, 5.74) is 5.71. The number of rotatable bonds is 3. The number of likely N-dealkylation sites (tertiary alicyclic amines) is 1. The molecule has 4 nitrogen and oxygen atoms in total. The lowest BCUT2D eigenvalue weighted by Crippen LogP contribution is -2.43. The molecule has 1 saturated carbocycles. The zero-order valence-electron chi connectivity index (χ0n) is 10.1. The van der Waals surface area contributed by atoms with Gasteiger partial charge in [0, 0.05) is 7.11 Å².